The highest BCUT2D eigenvalue weighted by Crippen LogP contribution is 2.49. The van der Waals surface area contributed by atoms with Crippen molar-refractivity contribution in [2.24, 2.45) is 0 Å². The molecule has 14 rings (SSSR count). The van der Waals surface area contributed by atoms with Gasteiger partial charge in [0.25, 0.3) is 0 Å². The van der Waals surface area contributed by atoms with Gasteiger partial charge in [0.15, 0.2) is 75.0 Å². The molecule has 0 radical (unpaired) electrons. The summed E-state index contributed by atoms with van der Waals surface area (Å²) in [4.78, 5) is 38.2. The monoisotopic (exact) mass is 2340 g/mol. The summed E-state index contributed by atoms with van der Waals surface area (Å²) < 4.78 is 99.1. The van der Waals surface area contributed by atoms with Crippen molar-refractivity contribution in [3.63, 3.8) is 0 Å². The highest BCUT2D eigenvalue weighted by Gasteiger charge is 2.48. The van der Waals surface area contributed by atoms with Crippen molar-refractivity contribution in [1.29, 1.82) is 0 Å². The topological polar surface area (TPSA) is 204 Å². The van der Waals surface area contributed by atoms with Crippen LogP contribution in [-0.2, 0) is 31.6 Å². The van der Waals surface area contributed by atoms with Crippen LogP contribution in [0.3, 0.4) is 0 Å². The number of alkyl halides is 1. The maximum atomic E-state index is 14.3. The Labute approximate surface area is 912 Å². The molecule has 3 N–H and O–H groups in total. The van der Waals surface area contributed by atoms with Gasteiger partial charge in [0.05, 0.1) is 43.5 Å². The Bertz CT molecular complexity index is 6290. The number of aliphatic hydroxyl groups excluding tert-OH is 1. The average molecular weight is 2350 g/mol. The summed E-state index contributed by atoms with van der Waals surface area (Å²) in [6.45, 7) is 28.1. The number of benzene rings is 8. The van der Waals surface area contributed by atoms with Crippen molar-refractivity contribution in [1.82, 2.24) is 28.4 Å². The molecule has 1 atom stereocenters. The molecular formula is C110H146BrCl8F4IN6O11Si2. The first kappa shape index (κ1) is 138. The van der Waals surface area contributed by atoms with Crippen molar-refractivity contribution in [3.05, 3.63) is 318 Å². The van der Waals surface area contributed by atoms with Crippen LogP contribution in [0.15, 0.2) is 195 Å². The molecule has 0 aliphatic carbocycles. The largest absolute Gasteiger partial charge is 0.504 e. The number of H-pyrrole nitrogens is 1. The van der Waals surface area contributed by atoms with E-state index >= 15 is 0 Å². The highest BCUT2D eigenvalue weighted by molar-refractivity contribution is 14.1. The fourth-order valence-electron chi connectivity index (χ4n) is 16.9. The molecule has 0 fully saturated rings. The lowest BCUT2D eigenvalue weighted by Gasteiger charge is -2.44. The van der Waals surface area contributed by atoms with Crippen LogP contribution < -0.4 is 33.2 Å². The summed E-state index contributed by atoms with van der Waals surface area (Å²) in [6.07, 6.45) is 12.6. The molecule has 1 unspecified atom stereocenters. The number of ether oxygens (including phenoxy) is 7. The molecule has 143 heavy (non-hydrogen) atoms. The van der Waals surface area contributed by atoms with Crippen molar-refractivity contribution in [2.75, 3.05) is 28.4 Å². The third kappa shape index (κ3) is 33.4. The molecule has 6 heterocycles. The number of nitrogens with zero attached hydrogens (tertiary/aromatic N) is 5. The number of phenolic OH excluding ortho intramolecular Hbond substituents is 1. The molecule has 17 nitrogen and oxygen atoms in total. The van der Waals surface area contributed by atoms with Gasteiger partial charge < -0.3 is 56.8 Å². The molecule has 8 aromatic carbocycles. The molecule has 14 aromatic rings. The van der Waals surface area contributed by atoms with Gasteiger partial charge in [-0.05, 0) is 182 Å². The highest BCUT2D eigenvalue weighted by atomic mass is 127. The van der Waals surface area contributed by atoms with E-state index in [-0.39, 0.29) is 129 Å². The Balaban J connectivity index is -0.00000170. The van der Waals surface area contributed by atoms with E-state index in [0.29, 0.717) is 161 Å². The molecule has 0 aliphatic rings. The number of aliphatic hydroxyl groups is 1. The zero-order valence-corrected chi connectivity index (χ0v) is 87.1. The minimum absolute atomic E-state index is 0. The summed E-state index contributed by atoms with van der Waals surface area (Å²) in [5, 5.41) is 27.4. The van der Waals surface area contributed by atoms with Gasteiger partial charge >= 0.3 is 0 Å². The first-order valence-corrected chi connectivity index (χ1v) is 51.3. The van der Waals surface area contributed by atoms with Gasteiger partial charge in [-0.2, -0.15) is 0 Å². The smallest absolute Gasteiger partial charge is 0.171 e. The van der Waals surface area contributed by atoms with Crippen molar-refractivity contribution in [3.8, 4) is 46.0 Å². The number of rotatable bonds is 28. The van der Waals surface area contributed by atoms with Crippen LogP contribution in [0.1, 0.15) is 236 Å². The molecule has 0 amide bonds. The van der Waals surface area contributed by atoms with Crippen LogP contribution in [0.4, 0.5) is 17.6 Å². The van der Waals surface area contributed by atoms with Crippen LogP contribution in [0.25, 0.3) is 33.1 Å². The molecular weight excluding hydrogens is 2200 g/mol. The standard InChI is InChI=1S/C31H37Cl2FN2O3Si.C22H17Cl2FN2O2.C16H25IN2Si.C15H11Cl2FO3.C8H7ClO3.C7H5BrClF.11CH4/c1-18(2)40(19(3)4,20(5)6)36-16-25(23-9-8-12-35-31(23)36)30(37)24-14-28(38-7)29(15-26(24)33)39-17-21-10-11-22(32)13-27(21)34;1-28-20-8-14(7-15-11-27-22-17(15)3-2-6-26-22)18(24)10-21(20)29-12-13-4-5-16(23)9-19(13)25;1-11(2)20(12(3)4,13(5)6)19-10-15(17)14-8-7-9-18-16(14)19;1-20-14-4-10(7-19)12(17)6-15(14)21-8-9-2-3-11(16)5-13(9)18;1-12-8-2-5(4-10)6(9)3-7(8)11;8-4-5-1-2-6(9)3-7(5)10;;;;;;;;;;;/h8-16,18-20,30,37H,17H2,1-7H3;2-6,8-11H,7,12H2,1H3,(H,26,27);7-13H,1-6H3;2-7H,8H2,1H3;2-4,11H,1H3;1-3H,4H2;11*1H4. The van der Waals surface area contributed by atoms with E-state index in [1.165, 1.54) is 90.5 Å². The van der Waals surface area contributed by atoms with Crippen LogP contribution >= 0.6 is 131 Å². The number of phenols is 1. The van der Waals surface area contributed by atoms with E-state index < -0.39 is 40.0 Å². The maximum Gasteiger partial charge on any atom is 0.171 e. The van der Waals surface area contributed by atoms with Gasteiger partial charge in [-0.15, -0.1) is 0 Å². The predicted molar refractivity (Wildman–Crippen MR) is 618 cm³/mol. The van der Waals surface area contributed by atoms with Crippen molar-refractivity contribution < 1.29 is 70.5 Å². The zero-order chi connectivity index (χ0) is 96.9. The summed E-state index contributed by atoms with van der Waals surface area (Å²) in [5.41, 5.74) is 11.8. The van der Waals surface area contributed by atoms with Crippen LogP contribution in [0.5, 0.6) is 46.0 Å². The molecule has 33 heteroatoms. The fraction of sp³-hybridized carbons (Fsp3) is 0.355. The first-order valence-electron chi connectivity index (χ1n) is 41.7. The van der Waals surface area contributed by atoms with Gasteiger partial charge in [-0.1, -0.05) is 298 Å². The Morgan fingerprint density at radius 3 is 1.13 bits per heavy atom. The summed E-state index contributed by atoms with van der Waals surface area (Å²) >= 11 is 53.2. The lowest BCUT2D eigenvalue weighted by molar-refractivity contribution is 0.111. The number of pyridine rings is 3. The Morgan fingerprint density at radius 2 is 0.741 bits per heavy atom. The SMILES string of the molecule is C.C.C.C.C.C.C.C.C.C.C.CC(C)[Si](C(C)C)(C(C)C)n1cc(I)c2cccnc21.COc1cc(C(O)c2cn([Si](C(C)C)(C(C)C)C(C)C)c3ncccc23)c(Cl)cc1OCc1ccc(Cl)cc1F.COc1cc(C=O)c(Cl)cc1O.COc1cc(C=O)c(Cl)cc1OCc1ccc(Cl)cc1F.COc1cc(Cc2c[nH]c3ncccc23)c(Cl)cc1OCc1ccc(Cl)cc1F.Fc1cc(Cl)ccc1CBr. The second-order valence-electron chi connectivity index (χ2n) is 32.4. The summed E-state index contributed by atoms with van der Waals surface area (Å²) in [7, 11) is 2.05. The number of carbonyl (C=O) groups excluding carboxylic acids is 2. The number of nitrogens with one attached hydrogen (secondary N) is 1. The number of halogens is 14. The van der Waals surface area contributed by atoms with Gasteiger partial charge in [0.1, 0.15) is 66.1 Å². The number of fused-ring (bicyclic) bond motifs is 3. The number of carbonyl (C=O) groups is 2. The second-order valence-corrected chi connectivity index (χ2v) is 49.0. The molecule has 788 valence electrons. The summed E-state index contributed by atoms with van der Waals surface area (Å²) in [5.74, 6) is 0.908. The number of aromatic hydroxyl groups is 1. The number of aromatic nitrogens is 6. The Kier molecular flexibility index (Phi) is 61.6. The third-order valence-corrected chi connectivity index (χ3v) is 40.0. The van der Waals surface area contributed by atoms with Gasteiger partial charge in [-0.25, -0.2) is 32.5 Å². The number of aromatic amines is 1. The van der Waals surface area contributed by atoms with Gasteiger partial charge in [0, 0.05) is 157 Å². The van der Waals surface area contributed by atoms with E-state index in [1.54, 1.807) is 80.2 Å². The van der Waals surface area contributed by atoms with Crippen LogP contribution in [0.2, 0.25) is 73.4 Å². The van der Waals surface area contributed by atoms with E-state index in [4.69, 9.17) is 136 Å². The maximum absolute atomic E-state index is 14.3. The molecule has 0 aliphatic heterocycles. The molecule has 0 saturated carbocycles. The number of aldehydes is 2. The Morgan fingerprint density at radius 1 is 0.399 bits per heavy atom. The van der Waals surface area contributed by atoms with Crippen molar-refractivity contribution >= 4 is 193 Å². The molecule has 6 aromatic heterocycles. The normalized spacial score (nSPS) is 10.7. The average Bonchev–Trinajstić information content (AvgIpc) is 1.59. The zero-order valence-electron chi connectivity index (χ0n) is 75.3. The number of methoxy groups -OCH3 is 4. The first-order chi connectivity index (χ1) is 62.8. The lowest BCUT2D eigenvalue weighted by atomic mass is 10.0. The minimum Gasteiger partial charge on any atom is -0.504 e. The van der Waals surface area contributed by atoms with Crippen LogP contribution in [0, 0.1) is 26.8 Å². The Hall–Kier alpha value is -8.79. The molecule has 0 spiro atoms. The number of hydrogen-bond acceptors (Lipinski definition) is 14. The van der Waals surface area contributed by atoms with Crippen molar-refractivity contribution in [2.45, 2.75) is 236 Å². The quantitative estimate of drug-likeness (QED) is 0.0137. The lowest BCUT2D eigenvalue weighted by Crippen LogP contribution is -2.51. The van der Waals surface area contributed by atoms with E-state index in [9.17, 15) is 37.4 Å². The second kappa shape index (κ2) is 63.7. The summed E-state index contributed by atoms with van der Waals surface area (Å²) in [6, 6.07) is 42.2. The van der Waals surface area contributed by atoms with E-state index in [1.807, 2.05) is 48.8 Å². The van der Waals surface area contributed by atoms with E-state index in [2.05, 4.69) is 158 Å². The minimum atomic E-state index is -2.16. The fourth-order valence-corrected chi connectivity index (χ4v) is 32.9. The predicted octanol–water partition coefficient (Wildman–Crippen LogP) is 37.8. The van der Waals surface area contributed by atoms with E-state index in [0.717, 1.165) is 38.8 Å². The van der Waals surface area contributed by atoms with Gasteiger partial charge in [0.2, 0.25) is 0 Å². The van der Waals surface area contributed by atoms with Crippen LogP contribution in [-0.4, -0.2) is 96.1 Å². The third-order valence-electron chi connectivity index (χ3n) is 22.8. The molecule has 0 saturated heterocycles. The molecule has 0 bridgehead atoms. The number of hydrogen-bond donors (Lipinski definition) is 3. The van der Waals surface area contributed by atoms with Gasteiger partial charge in [-0.3, -0.25) is 9.59 Å².